The lowest BCUT2D eigenvalue weighted by atomic mass is 10.0. The van der Waals surface area contributed by atoms with Crippen LogP contribution in [0.4, 0.5) is 0 Å². The molecule has 3 aromatic rings. The number of aromatic nitrogens is 2. The van der Waals surface area contributed by atoms with E-state index in [1.54, 1.807) is 12.4 Å². The Morgan fingerprint density at radius 1 is 1.20 bits per heavy atom. The maximum absolute atomic E-state index is 12.8. The summed E-state index contributed by atoms with van der Waals surface area (Å²) in [5.41, 5.74) is 3.15. The van der Waals surface area contributed by atoms with Gasteiger partial charge in [-0.1, -0.05) is 18.2 Å². The summed E-state index contributed by atoms with van der Waals surface area (Å²) in [5.74, 6) is -0.0931. The molecule has 5 heteroatoms. The van der Waals surface area contributed by atoms with Gasteiger partial charge in [0.2, 0.25) is 0 Å². The number of fused-ring (bicyclic) bond motifs is 1. The summed E-state index contributed by atoms with van der Waals surface area (Å²) in [6.45, 7) is 1.32. The first-order valence-electron chi connectivity index (χ1n) is 8.51. The Bertz CT molecular complexity index is 890. The molecule has 1 amide bonds. The van der Waals surface area contributed by atoms with Crippen molar-refractivity contribution < 1.29 is 9.53 Å². The normalized spacial score (nSPS) is 16.9. The Morgan fingerprint density at radius 3 is 2.84 bits per heavy atom. The quantitative estimate of drug-likeness (QED) is 0.796. The number of ether oxygens (including phenoxy) is 1. The van der Waals surface area contributed by atoms with Gasteiger partial charge in [-0.3, -0.25) is 9.78 Å². The first kappa shape index (κ1) is 15.7. The summed E-state index contributed by atoms with van der Waals surface area (Å²) in [4.78, 5) is 21.5. The molecule has 0 aliphatic carbocycles. The van der Waals surface area contributed by atoms with E-state index in [2.05, 4.69) is 10.3 Å². The fourth-order valence-corrected chi connectivity index (χ4v) is 3.14. The third-order valence-corrected chi connectivity index (χ3v) is 4.45. The van der Waals surface area contributed by atoms with E-state index in [0.717, 1.165) is 41.6 Å². The number of nitrogens with zero attached hydrogens (tertiary/aromatic N) is 2. The number of nitrogens with one attached hydrogen (secondary N) is 1. The van der Waals surface area contributed by atoms with Crippen LogP contribution in [0.3, 0.4) is 0 Å². The highest BCUT2D eigenvalue weighted by atomic mass is 16.5. The van der Waals surface area contributed by atoms with Crippen molar-refractivity contribution >= 4 is 16.8 Å². The highest BCUT2D eigenvalue weighted by Gasteiger charge is 2.18. The van der Waals surface area contributed by atoms with Gasteiger partial charge in [-0.05, 0) is 37.1 Å². The third kappa shape index (κ3) is 3.37. The minimum Gasteiger partial charge on any atom is -0.376 e. The van der Waals surface area contributed by atoms with Gasteiger partial charge in [-0.2, -0.15) is 0 Å². The molecule has 0 radical (unpaired) electrons. The van der Waals surface area contributed by atoms with E-state index >= 15 is 0 Å². The van der Waals surface area contributed by atoms with Crippen molar-refractivity contribution in [2.45, 2.75) is 18.9 Å². The van der Waals surface area contributed by atoms with Crippen molar-refractivity contribution in [3.05, 3.63) is 60.4 Å². The molecular formula is C20H19N3O2. The number of carbonyl (C=O) groups excluding carboxylic acids is 1. The molecule has 25 heavy (non-hydrogen) atoms. The summed E-state index contributed by atoms with van der Waals surface area (Å²) < 4.78 is 5.59. The Morgan fingerprint density at radius 2 is 2.04 bits per heavy atom. The monoisotopic (exact) mass is 333 g/mol. The second kappa shape index (κ2) is 6.99. The van der Waals surface area contributed by atoms with Gasteiger partial charge >= 0.3 is 0 Å². The van der Waals surface area contributed by atoms with Crippen LogP contribution in [0, 0.1) is 0 Å². The molecule has 4 rings (SSSR count). The van der Waals surface area contributed by atoms with Crippen LogP contribution in [0.5, 0.6) is 0 Å². The molecule has 1 aliphatic rings. The van der Waals surface area contributed by atoms with Crippen molar-refractivity contribution in [2.24, 2.45) is 0 Å². The van der Waals surface area contributed by atoms with Crippen molar-refractivity contribution in [1.29, 1.82) is 0 Å². The molecule has 0 spiro atoms. The topological polar surface area (TPSA) is 64.1 Å². The van der Waals surface area contributed by atoms with Gasteiger partial charge in [0.05, 0.1) is 22.9 Å². The van der Waals surface area contributed by atoms with Crippen molar-refractivity contribution in [1.82, 2.24) is 15.3 Å². The molecule has 1 unspecified atom stereocenters. The minimum atomic E-state index is -0.0931. The van der Waals surface area contributed by atoms with Crippen LogP contribution < -0.4 is 5.32 Å². The van der Waals surface area contributed by atoms with Crippen molar-refractivity contribution in [3.63, 3.8) is 0 Å². The van der Waals surface area contributed by atoms with Crippen molar-refractivity contribution in [3.8, 4) is 11.3 Å². The van der Waals surface area contributed by atoms with Crippen molar-refractivity contribution in [2.75, 3.05) is 13.2 Å². The number of pyridine rings is 2. The number of carbonyl (C=O) groups is 1. The number of para-hydroxylation sites is 1. The van der Waals surface area contributed by atoms with Gasteiger partial charge in [-0.25, -0.2) is 4.98 Å². The van der Waals surface area contributed by atoms with Gasteiger partial charge < -0.3 is 10.1 Å². The molecular weight excluding hydrogens is 314 g/mol. The lowest BCUT2D eigenvalue weighted by Crippen LogP contribution is -2.31. The predicted molar refractivity (Wildman–Crippen MR) is 96.3 cm³/mol. The minimum absolute atomic E-state index is 0.0931. The molecule has 1 saturated heterocycles. The molecule has 3 heterocycles. The number of benzene rings is 1. The molecule has 1 atom stereocenters. The van der Waals surface area contributed by atoms with Gasteiger partial charge in [0, 0.05) is 36.5 Å². The summed E-state index contributed by atoms with van der Waals surface area (Å²) in [5, 5.41) is 3.86. The largest absolute Gasteiger partial charge is 0.376 e. The van der Waals surface area contributed by atoms with E-state index in [1.165, 1.54) is 0 Å². The second-order valence-electron chi connectivity index (χ2n) is 6.15. The zero-order valence-corrected chi connectivity index (χ0v) is 13.8. The summed E-state index contributed by atoms with van der Waals surface area (Å²) in [6, 6.07) is 13.3. The highest BCUT2D eigenvalue weighted by molar-refractivity contribution is 6.07. The van der Waals surface area contributed by atoms with E-state index in [-0.39, 0.29) is 12.0 Å². The van der Waals surface area contributed by atoms with E-state index in [1.807, 2.05) is 42.5 Å². The van der Waals surface area contributed by atoms with Gasteiger partial charge in [0.25, 0.3) is 5.91 Å². The number of hydrogen-bond acceptors (Lipinski definition) is 4. The van der Waals surface area contributed by atoms with Gasteiger partial charge in [-0.15, -0.1) is 0 Å². The summed E-state index contributed by atoms with van der Waals surface area (Å²) >= 11 is 0. The molecule has 126 valence electrons. The average Bonchev–Trinajstić information content (AvgIpc) is 3.19. The SMILES string of the molecule is O=C(NCC1CCCO1)c1cc(-c2ccncc2)nc2ccccc12. The molecule has 2 aromatic heterocycles. The molecule has 0 bridgehead atoms. The third-order valence-electron chi connectivity index (χ3n) is 4.45. The Hall–Kier alpha value is -2.79. The van der Waals surface area contributed by atoms with Crippen LogP contribution in [0.15, 0.2) is 54.9 Å². The van der Waals surface area contributed by atoms with Crippen LogP contribution in [-0.2, 0) is 4.74 Å². The molecule has 1 fully saturated rings. The first-order chi connectivity index (χ1) is 12.3. The molecule has 5 nitrogen and oxygen atoms in total. The van der Waals surface area contributed by atoms with Crippen LogP contribution in [-0.4, -0.2) is 35.1 Å². The van der Waals surface area contributed by atoms with Crippen LogP contribution in [0.25, 0.3) is 22.2 Å². The fourth-order valence-electron chi connectivity index (χ4n) is 3.14. The molecule has 1 N–H and O–H groups in total. The lowest BCUT2D eigenvalue weighted by Gasteiger charge is -2.13. The molecule has 1 aromatic carbocycles. The summed E-state index contributed by atoms with van der Waals surface area (Å²) in [6.07, 6.45) is 5.63. The standard InChI is InChI=1S/C20H19N3O2/c24-20(22-13-15-4-3-11-25-15)17-12-19(14-7-9-21-10-8-14)23-18-6-2-1-5-16(17)18/h1-2,5-10,12,15H,3-4,11,13H2,(H,22,24). The molecule has 0 saturated carbocycles. The first-order valence-corrected chi connectivity index (χ1v) is 8.51. The zero-order valence-electron chi connectivity index (χ0n) is 13.8. The van der Waals surface area contributed by atoms with Gasteiger partial charge in [0.1, 0.15) is 0 Å². The van der Waals surface area contributed by atoms with E-state index in [0.29, 0.717) is 12.1 Å². The lowest BCUT2D eigenvalue weighted by molar-refractivity contribution is 0.0859. The second-order valence-corrected chi connectivity index (χ2v) is 6.15. The maximum atomic E-state index is 12.8. The maximum Gasteiger partial charge on any atom is 0.252 e. The Balaban J connectivity index is 1.69. The number of rotatable bonds is 4. The number of hydrogen-bond donors (Lipinski definition) is 1. The predicted octanol–water partition coefficient (Wildman–Crippen LogP) is 3.21. The smallest absolute Gasteiger partial charge is 0.252 e. The van der Waals surface area contributed by atoms with Crippen LogP contribution >= 0.6 is 0 Å². The summed E-state index contributed by atoms with van der Waals surface area (Å²) in [7, 11) is 0. The van der Waals surface area contributed by atoms with Crippen LogP contribution in [0.2, 0.25) is 0 Å². The van der Waals surface area contributed by atoms with E-state index in [9.17, 15) is 4.79 Å². The highest BCUT2D eigenvalue weighted by Crippen LogP contribution is 2.24. The molecule has 1 aliphatic heterocycles. The number of amides is 1. The van der Waals surface area contributed by atoms with Gasteiger partial charge in [0.15, 0.2) is 0 Å². The van der Waals surface area contributed by atoms with E-state index < -0.39 is 0 Å². The average molecular weight is 333 g/mol. The zero-order chi connectivity index (χ0) is 17.1. The Kier molecular flexibility index (Phi) is 4.39. The van der Waals surface area contributed by atoms with E-state index in [4.69, 9.17) is 9.72 Å². The Labute approximate surface area is 146 Å². The fraction of sp³-hybridized carbons (Fsp3) is 0.250. The van der Waals surface area contributed by atoms with Crippen LogP contribution in [0.1, 0.15) is 23.2 Å².